The van der Waals surface area contributed by atoms with Crippen LogP contribution in [0.5, 0.6) is 0 Å². The molecule has 1 amide bonds. The topological polar surface area (TPSA) is 32.3 Å². The Morgan fingerprint density at radius 3 is 2.57 bits per heavy atom. The number of likely N-dealkylation sites (N-methyl/N-ethyl adjacent to an activating group) is 1. The summed E-state index contributed by atoms with van der Waals surface area (Å²) in [6, 6.07) is 9.29. The van der Waals surface area contributed by atoms with E-state index >= 15 is 0 Å². The summed E-state index contributed by atoms with van der Waals surface area (Å²) in [5, 5.41) is 2.86. The van der Waals surface area contributed by atoms with Gasteiger partial charge < -0.3 is 5.32 Å². The summed E-state index contributed by atoms with van der Waals surface area (Å²) in [5.41, 5.74) is 3.17. The van der Waals surface area contributed by atoms with Crippen LogP contribution in [0.15, 0.2) is 36.4 Å². The van der Waals surface area contributed by atoms with Gasteiger partial charge in [0.05, 0.1) is 6.54 Å². The van der Waals surface area contributed by atoms with E-state index in [9.17, 15) is 13.6 Å². The maximum Gasteiger partial charge on any atom is 0.238 e. The van der Waals surface area contributed by atoms with Crippen LogP contribution in [-0.4, -0.2) is 24.4 Å². The fourth-order valence-corrected chi connectivity index (χ4v) is 2.30. The van der Waals surface area contributed by atoms with Crippen molar-refractivity contribution in [3.63, 3.8) is 0 Å². The van der Waals surface area contributed by atoms with Gasteiger partial charge in [-0.15, -0.1) is 0 Å². The fourth-order valence-electron chi connectivity index (χ4n) is 2.30. The normalized spacial score (nSPS) is 10.9. The number of benzene rings is 2. The highest BCUT2D eigenvalue weighted by Crippen LogP contribution is 2.16. The van der Waals surface area contributed by atoms with Crippen LogP contribution in [0.3, 0.4) is 0 Å². The van der Waals surface area contributed by atoms with Crippen molar-refractivity contribution in [1.82, 2.24) is 4.90 Å². The first-order valence-electron chi connectivity index (χ1n) is 7.34. The summed E-state index contributed by atoms with van der Waals surface area (Å²) in [5.74, 6) is -1.39. The zero-order valence-electron chi connectivity index (χ0n) is 13.5. The average molecular weight is 318 g/mol. The number of anilines is 1. The number of nitrogens with one attached hydrogen (secondary N) is 1. The SMILES string of the molecule is Cc1ccc(C)c(NC(=O)CN(C)Cc2ccc(F)cc2F)c1. The summed E-state index contributed by atoms with van der Waals surface area (Å²) in [7, 11) is 1.71. The quantitative estimate of drug-likeness (QED) is 0.912. The Balaban J connectivity index is 1.95. The second kappa shape index (κ2) is 7.33. The third kappa shape index (κ3) is 4.86. The van der Waals surface area contributed by atoms with Crippen molar-refractivity contribution in [2.24, 2.45) is 0 Å². The highest BCUT2D eigenvalue weighted by molar-refractivity contribution is 5.93. The number of amides is 1. The monoisotopic (exact) mass is 318 g/mol. The predicted molar refractivity (Wildman–Crippen MR) is 87.2 cm³/mol. The summed E-state index contributed by atoms with van der Waals surface area (Å²) in [4.78, 5) is 13.8. The van der Waals surface area contributed by atoms with Crippen molar-refractivity contribution in [2.45, 2.75) is 20.4 Å². The van der Waals surface area contributed by atoms with Crippen LogP contribution in [0.2, 0.25) is 0 Å². The Labute approximate surface area is 134 Å². The number of carbonyl (C=O) groups is 1. The Kier molecular flexibility index (Phi) is 5.45. The van der Waals surface area contributed by atoms with Crippen molar-refractivity contribution in [2.75, 3.05) is 18.9 Å². The van der Waals surface area contributed by atoms with Gasteiger partial charge in [-0.3, -0.25) is 9.69 Å². The van der Waals surface area contributed by atoms with E-state index in [1.807, 2.05) is 32.0 Å². The molecular weight excluding hydrogens is 298 g/mol. The Bertz CT molecular complexity index is 716. The van der Waals surface area contributed by atoms with E-state index in [0.717, 1.165) is 22.9 Å². The van der Waals surface area contributed by atoms with Crippen molar-refractivity contribution >= 4 is 11.6 Å². The van der Waals surface area contributed by atoms with Gasteiger partial charge in [0, 0.05) is 23.9 Å². The minimum absolute atomic E-state index is 0.115. The first kappa shape index (κ1) is 17.1. The predicted octanol–water partition coefficient (Wildman–Crippen LogP) is 3.65. The van der Waals surface area contributed by atoms with Gasteiger partial charge in [0.2, 0.25) is 5.91 Å². The van der Waals surface area contributed by atoms with Crippen LogP contribution in [-0.2, 0) is 11.3 Å². The number of aryl methyl sites for hydroxylation is 2. The molecule has 5 heteroatoms. The molecule has 2 aromatic carbocycles. The molecule has 0 aromatic heterocycles. The molecule has 0 unspecified atom stereocenters. The minimum atomic E-state index is -0.610. The molecule has 0 radical (unpaired) electrons. The molecule has 0 fully saturated rings. The molecule has 0 aliphatic heterocycles. The molecule has 122 valence electrons. The lowest BCUT2D eigenvalue weighted by molar-refractivity contribution is -0.117. The van der Waals surface area contributed by atoms with Crippen LogP contribution in [0.25, 0.3) is 0 Å². The van der Waals surface area contributed by atoms with Crippen LogP contribution in [0, 0.1) is 25.5 Å². The van der Waals surface area contributed by atoms with Crippen molar-refractivity contribution in [3.05, 3.63) is 64.7 Å². The molecule has 2 rings (SSSR count). The zero-order chi connectivity index (χ0) is 17.0. The number of rotatable bonds is 5. The summed E-state index contributed by atoms with van der Waals surface area (Å²) < 4.78 is 26.5. The largest absolute Gasteiger partial charge is 0.325 e. The summed E-state index contributed by atoms with van der Waals surface area (Å²) in [6.07, 6.45) is 0. The minimum Gasteiger partial charge on any atom is -0.325 e. The van der Waals surface area contributed by atoms with Gasteiger partial charge in [-0.1, -0.05) is 18.2 Å². The lowest BCUT2D eigenvalue weighted by atomic mass is 10.1. The van der Waals surface area contributed by atoms with Gasteiger partial charge in [0.25, 0.3) is 0 Å². The molecule has 1 N–H and O–H groups in total. The number of hydrogen-bond acceptors (Lipinski definition) is 2. The smallest absolute Gasteiger partial charge is 0.238 e. The Hall–Kier alpha value is -2.27. The first-order valence-corrected chi connectivity index (χ1v) is 7.34. The maximum atomic E-state index is 13.6. The third-order valence-corrected chi connectivity index (χ3v) is 3.54. The van der Waals surface area contributed by atoms with Gasteiger partial charge >= 0.3 is 0 Å². The third-order valence-electron chi connectivity index (χ3n) is 3.54. The zero-order valence-corrected chi connectivity index (χ0v) is 13.5. The van der Waals surface area contributed by atoms with E-state index in [2.05, 4.69) is 5.32 Å². The molecule has 2 aromatic rings. The van der Waals surface area contributed by atoms with E-state index in [0.29, 0.717) is 5.56 Å². The average Bonchev–Trinajstić information content (AvgIpc) is 2.46. The lowest BCUT2D eigenvalue weighted by Crippen LogP contribution is -2.30. The molecule has 0 atom stereocenters. The van der Waals surface area contributed by atoms with E-state index in [4.69, 9.17) is 0 Å². The van der Waals surface area contributed by atoms with Crippen molar-refractivity contribution in [1.29, 1.82) is 0 Å². The number of nitrogens with zero attached hydrogens (tertiary/aromatic N) is 1. The van der Waals surface area contributed by atoms with Gasteiger partial charge in [0.15, 0.2) is 0 Å². The molecule has 0 saturated heterocycles. The number of hydrogen-bond donors (Lipinski definition) is 1. The second-order valence-electron chi connectivity index (χ2n) is 5.77. The van der Waals surface area contributed by atoms with Gasteiger partial charge in [-0.2, -0.15) is 0 Å². The van der Waals surface area contributed by atoms with Crippen LogP contribution in [0.1, 0.15) is 16.7 Å². The number of carbonyl (C=O) groups excluding carboxylic acids is 1. The van der Waals surface area contributed by atoms with E-state index in [-0.39, 0.29) is 19.0 Å². The van der Waals surface area contributed by atoms with Crippen molar-refractivity contribution < 1.29 is 13.6 Å². The van der Waals surface area contributed by atoms with Crippen LogP contribution < -0.4 is 5.32 Å². The van der Waals surface area contributed by atoms with Gasteiger partial charge in [-0.05, 0) is 44.2 Å². The first-order chi connectivity index (χ1) is 10.8. The fraction of sp³-hybridized carbons (Fsp3) is 0.278. The molecular formula is C18H20F2N2O. The van der Waals surface area contributed by atoms with Crippen LogP contribution >= 0.6 is 0 Å². The summed E-state index contributed by atoms with van der Waals surface area (Å²) >= 11 is 0. The molecule has 0 saturated carbocycles. The number of halogens is 2. The van der Waals surface area contributed by atoms with Gasteiger partial charge in [-0.25, -0.2) is 8.78 Å². The van der Waals surface area contributed by atoms with E-state index < -0.39 is 11.6 Å². The van der Waals surface area contributed by atoms with Gasteiger partial charge in [0.1, 0.15) is 11.6 Å². The molecule has 0 heterocycles. The lowest BCUT2D eigenvalue weighted by Gasteiger charge is -2.17. The molecule has 0 bridgehead atoms. The summed E-state index contributed by atoms with van der Waals surface area (Å²) in [6.45, 7) is 4.22. The van der Waals surface area contributed by atoms with E-state index in [1.165, 1.54) is 12.1 Å². The molecule has 0 spiro atoms. The second-order valence-corrected chi connectivity index (χ2v) is 5.77. The van der Waals surface area contributed by atoms with E-state index in [1.54, 1.807) is 11.9 Å². The van der Waals surface area contributed by atoms with Crippen molar-refractivity contribution in [3.8, 4) is 0 Å². The van der Waals surface area contributed by atoms with Crippen LogP contribution in [0.4, 0.5) is 14.5 Å². The molecule has 0 aliphatic carbocycles. The molecule has 23 heavy (non-hydrogen) atoms. The Morgan fingerprint density at radius 2 is 1.87 bits per heavy atom. The molecule has 0 aliphatic rings. The highest BCUT2D eigenvalue weighted by atomic mass is 19.1. The standard InChI is InChI=1S/C18H20F2N2O/c1-12-4-5-13(2)17(8-12)21-18(23)11-22(3)10-14-6-7-15(19)9-16(14)20/h4-9H,10-11H2,1-3H3,(H,21,23). The maximum absolute atomic E-state index is 13.6. The highest BCUT2D eigenvalue weighted by Gasteiger charge is 2.11. The Morgan fingerprint density at radius 1 is 1.13 bits per heavy atom. The molecule has 3 nitrogen and oxygen atoms in total.